The topological polar surface area (TPSA) is 49.9 Å². The molecule has 27 heavy (non-hydrogen) atoms. The van der Waals surface area contributed by atoms with E-state index in [2.05, 4.69) is 0 Å². The highest BCUT2D eigenvalue weighted by molar-refractivity contribution is 5.95. The molecule has 0 unspecified atom stereocenters. The predicted molar refractivity (Wildman–Crippen MR) is 106 cm³/mol. The SMILES string of the molecule is CCN(Cc1ccc(OC)cc1)C(=O)Cc1ccc(N2CCCC2=O)cc1. The lowest BCUT2D eigenvalue weighted by atomic mass is 10.1. The van der Waals surface area contributed by atoms with E-state index < -0.39 is 0 Å². The van der Waals surface area contributed by atoms with E-state index in [4.69, 9.17) is 4.74 Å². The molecule has 0 bridgehead atoms. The van der Waals surface area contributed by atoms with Crippen LogP contribution in [0.3, 0.4) is 0 Å². The largest absolute Gasteiger partial charge is 0.497 e. The molecule has 1 fully saturated rings. The first kappa shape index (κ1) is 19.0. The van der Waals surface area contributed by atoms with Gasteiger partial charge in [0.2, 0.25) is 11.8 Å². The molecular weight excluding hydrogens is 340 g/mol. The molecule has 1 heterocycles. The van der Waals surface area contributed by atoms with E-state index in [0.29, 0.717) is 25.9 Å². The number of carbonyl (C=O) groups is 2. The number of nitrogens with zero attached hydrogens (tertiary/aromatic N) is 2. The van der Waals surface area contributed by atoms with Crippen molar-refractivity contribution in [3.05, 3.63) is 59.7 Å². The molecule has 1 aliphatic rings. The first-order valence-corrected chi connectivity index (χ1v) is 9.40. The van der Waals surface area contributed by atoms with E-state index in [1.165, 1.54) is 0 Å². The molecule has 0 spiro atoms. The minimum Gasteiger partial charge on any atom is -0.497 e. The third kappa shape index (κ3) is 4.67. The summed E-state index contributed by atoms with van der Waals surface area (Å²) in [4.78, 5) is 28.2. The third-order valence-electron chi connectivity index (χ3n) is 4.94. The number of likely N-dealkylation sites (N-methyl/N-ethyl adjacent to an activating group) is 1. The number of hydrogen-bond donors (Lipinski definition) is 0. The summed E-state index contributed by atoms with van der Waals surface area (Å²) in [7, 11) is 1.64. The van der Waals surface area contributed by atoms with Gasteiger partial charge in [0.15, 0.2) is 0 Å². The van der Waals surface area contributed by atoms with Gasteiger partial charge in [0, 0.05) is 31.7 Å². The second kappa shape index (κ2) is 8.71. The molecule has 0 radical (unpaired) electrons. The maximum atomic E-state index is 12.7. The minimum atomic E-state index is 0.0957. The first-order chi connectivity index (χ1) is 13.1. The van der Waals surface area contributed by atoms with Gasteiger partial charge in [-0.05, 0) is 48.7 Å². The van der Waals surface area contributed by atoms with Crippen LogP contribution < -0.4 is 9.64 Å². The summed E-state index contributed by atoms with van der Waals surface area (Å²) in [5.41, 5.74) is 2.96. The number of hydrogen-bond acceptors (Lipinski definition) is 3. The number of amides is 2. The van der Waals surface area contributed by atoms with Gasteiger partial charge < -0.3 is 14.5 Å². The van der Waals surface area contributed by atoms with Gasteiger partial charge in [-0.2, -0.15) is 0 Å². The molecule has 2 amide bonds. The highest BCUT2D eigenvalue weighted by Crippen LogP contribution is 2.22. The summed E-state index contributed by atoms with van der Waals surface area (Å²) in [5.74, 6) is 1.08. The minimum absolute atomic E-state index is 0.0957. The van der Waals surface area contributed by atoms with Crippen LogP contribution >= 0.6 is 0 Å². The van der Waals surface area contributed by atoms with Gasteiger partial charge in [-0.15, -0.1) is 0 Å². The summed E-state index contributed by atoms with van der Waals surface area (Å²) in [6, 6.07) is 15.5. The zero-order valence-corrected chi connectivity index (χ0v) is 16.0. The highest BCUT2D eigenvalue weighted by atomic mass is 16.5. The van der Waals surface area contributed by atoms with E-state index in [1.54, 1.807) is 7.11 Å². The Balaban J connectivity index is 1.61. The molecule has 0 aliphatic carbocycles. The van der Waals surface area contributed by atoms with Crippen molar-refractivity contribution in [2.24, 2.45) is 0 Å². The van der Waals surface area contributed by atoms with Crippen molar-refractivity contribution >= 4 is 17.5 Å². The van der Waals surface area contributed by atoms with E-state index in [0.717, 1.165) is 35.5 Å². The van der Waals surface area contributed by atoms with Crippen LogP contribution in [0.1, 0.15) is 30.9 Å². The predicted octanol–water partition coefficient (Wildman–Crippen LogP) is 3.41. The van der Waals surface area contributed by atoms with Crippen molar-refractivity contribution in [3.8, 4) is 5.75 Å². The van der Waals surface area contributed by atoms with Crippen LogP contribution in [-0.2, 0) is 22.6 Å². The maximum absolute atomic E-state index is 12.7. The standard InChI is InChI=1S/C22H26N2O3/c1-3-23(16-18-8-12-20(27-2)13-9-18)22(26)15-17-6-10-19(11-7-17)24-14-4-5-21(24)25/h6-13H,3-5,14-16H2,1-2H3. The molecule has 2 aromatic carbocycles. The fraction of sp³-hybridized carbons (Fsp3) is 0.364. The van der Waals surface area contributed by atoms with Gasteiger partial charge in [0.25, 0.3) is 0 Å². The third-order valence-corrected chi connectivity index (χ3v) is 4.94. The molecule has 1 aliphatic heterocycles. The zero-order chi connectivity index (χ0) is 19.2. The Morgan fingerprint density at radius 3 is 2.30 bits per heavy atom. The van der Waals surface area contributed by atoms with Crippen molar-refractivity contribution in [1.82, 2.24) is 4.90 Å². The first-order valence-electron chi connectivity index (χ1n) is 9.40. The zero-order valence-electron chi connectivity index (χ0n) is 16.0. The normalized spacial score (nSPS) is 13.7. The van der Waals surface area contributed by atoms with E-state index in [-0.39, 0.29) is 11.8 Å². The summed E-state index contributed by atoms with van der Waals surface area (Å²) in [6.07, 6.45) is 1.89. The molecule has 0 saturated carbocycles. The summed E-state index contributed by atoms with van der Waals surface area (Å²) in [6.45, 7) is 4.01. The second-order valence-corrected chi connectivity index (χ2v) is 6.75. The number of benzene rings is 2. The lowest BCUT2D eigenvalue weighted by Gasteiger charge is -2.21. The van der Waals surface area contributed by atoms with Gasteiger partial charge in [-0.25, -0.2) is 0 Å². The monoisotopic (exact) mass is 366 g/mol. The maximum Gasteiger partial charge on any atom is 0.227 e. The van der Waals surface area contributed by atoms with Crippen molar-refractivity contribution in [2.45, 2.75) is 32.7 Å². The van der Waals surface area contributed by atoms with Crippen LogP contribution in [-0.4, -0.2) is 36.9 Å². The molecule has 1 saturated heterocycles. The fourth-order valence-electron chi connectivity index (χ4n) is 3.33. The van der Waals surface area contributed by atoms with Crippen LogP contribution in [0.2, 0.25) is 0 Å². The number of carbonyl (C=O) groups excluding carboxylic acids is 2. The van der Waals surface area contributed by atoms with E-state index in [9.17, 15) is 9.59 Å². The lowest BCUT2D eigenvalue weighted by Crippen LogP contribution is -2.31. The van der Waals surface area contributed by atoms with Crippen LogP contribution in [0.25, 0.3) is 0 Å². The molecule has 0 aromatic heterocycles. The smallest absolute Gasteiger partial charge is 0.227 e. The molecule has 3 rings (SSSR count). The fourth-order valence-corrected chi connectivity index (χ4v) is 3.33. The van der Waals surface area contributed by atoms with Crippen LogP contribution in [0, 0.1) is 0 Å². The quantitative estimate of drug-likeness (QED) is 0.754. The second-order valence-electron chi connectivity index (χ2n) is 6.75. The molecule has 2 aromatic rings. The van der Waals surface area contributed by atoms with Gasteiger partial charge in [-0.3, -0.25) is 9.59 Å². The van der Waals surface area contributed by atoms with Gasteiger partial charge >= 0.3 is 0 Å². The molecule has 0 atom stereocenters. The number of ether oxygens (including phenoxy) is 1. The van der Waals surface area contributed by atoms with Gasteiger partial charge in [0.1, 0.15) is 5.75 Å². The van der Waals surface area contributed by atoms with Gasteiger partial charge in [-0.1, -0.05) is 24.3 Å². The van der Waals surface area contributed by atoms with Crippen molar-refractivity contribution < 1.29 is 14.3 Å². The van der Waals surface area contributed by atoms with Crippen LogP contribution in [0.15, 0.2) is 48.5 Å². The Bertz CT molecular complexity index is 784. The van der Waals surface area contributed by atoms with E-state index in [1.807, 2.05) is 65.3 Å². The Kier molecular flexibility index (Phi) is 6.12. The summed E-state index contributed by atoms with van der Waals surface area (Å²) >= 11 is 0. The Labute approximate surface area is 160 Å². The Hall–Kier alpha value is -2.82. The van der Waals surface area contributed by atoms with Crippen molar-refractivity contribution in [2.75, 3.05) is 25.1 Å². The molecular formula is C22H26N2O3. The highest BCUT2D eigenvalue weighted by Gasteiger charge is 2.21. The van der Waals surface area contributed by atoms with E-state index >= 15 is 0 Å². The molecule has 5 heteroatoms. The van der Waals surface area contributed by atoms with Crippen LogP contribution in [0.5, 0.6) is 5.75 Å². The summed E-state index contributed by atoms with van der Waals surface area (Å²) in [5, 5.41) is 0. The van der Waals surface area contributed by atoms with Gasteiger partial charge in [0.05, 0.1) is 13.5 Å². The van der Waals surface area contributed by atoms with Crippen molar-refractivity contribution in [1.29, 1.82) is 0 Å². The molecule has 5 nitrogen and oxygen atoms in total. The van der Waals surface area contributed by atoms with Crippen molar-refractivity contribution in [3.63, 3.8) is 0 Å². The molecule has 0 N–H and O–H groups in total. The number of methoxy groups -OCH3 is 1. The average Bonchev–Trinajstić information content (AvgIpc) is 3.13. The summed E-state index contributed by atoms with van der Waals surface area (Å²) < 4.78 is 5.18. The Morgan fingerprint density at radius 2 is 1.74 bits per heavy atom. The lowest BCUT2D eigenvalue weighted by molar-refractivity contribution is -0.130. The number of rotatable bonds is 7. The Morgan fingerprint density at radius 1 is 1.07 bits per heavy atom. The van der Waals surface area contributed by atoms with Crippen LogP contribution in [0.4, 0.5) is 5.69 Å². The molecule has 142 valence electrons. The number of anilines is 1. The average molecular weight is 366 g/mol.